The Morgan fingerprint density at radius 2 is 1.60 bits per heavy atom. The molecule has 0 aliphatic heterocycles. The quantitative estimate of drug-likeness (QED) is 0.842. The Kier molecular flexibility index (Phi) is 3.94. The summed E-state index contributed by atoms with van der Waals surface area (Å²) in [6, 6.07) is 4.97. The Balaban J connectivity index is 1.93. The number of nitrogens with one attached hydrogen (secondary N) is 1. The molecule has 2 rings (SSSR count). The smallest absolute Gasteiger partial charge is 0.0145 e. The zero-order valence-electron chi connectivity index (χ0n) is 8.77. The number of thiophene rings is 2. The summed E-state index contributed by atoms with van der Waals surface area (Å²) in [5.74, 6) is 0. The monoisotopic (exact) mass is 237 g/mol. The Morgan fingerprint density at radius 1 is 1.07 bits per heavy atom. The lowest BCUT2D eigenvalue weighted by Gasteiger charge is -2.14. The highest BCUT2D eigenvalue weighted by molar-refractivity contribution is 7.08. The van der Waals surface area contributed by atoms with E-state index in [0.29, 0.717) is 6.04 Å². The van der Waals surface area contributed by atoms with Gasteiger partial charge in [-0.05, 0) is 64.7 Å². The minimum absolute atomic E-state index is 0.550. The summed E-state index contributed by atoms with van der Waals surface area (Å²) in [5, 5.41) is 12.1. The maximum absolute atomic E-state index is 3.39. The molecule has 0 aliphatic rings. The molecule has 0 radical (unpaired) electrons. The van der Waals surface area contributed by atoms with Crippen molar-refractivity contribution in [2.75, 3.05) is 7.05 Å². The number of rotatable bonds is 5. The fourth-order valence-electron chi connectivity index (χ4n) is 1.66. The van der Waals surface area contributed by atoms with E-state index in [0.717, 1.165) is 12.8 Å². The van der Waals surface area contributed by atoms with Crippen LogP contribution in [0.2, 0.25) is 0 Å². The maximum Gasteiger partial charge on any atom is 0.0145 e. The number of hydrogen-bond donors (Lipinski definition) is 1. The molecule has 0 saturated heterocycles. The van der Waals surface area contributed by atoms with E-state index < -0.39 is 0 Å². The highest BCUT2D eigenvalue weighted by atomic mass is 32.1. The van der Waals surface area contributed by atoms with E-state index in [2.05, 4.69) is 39.0 Å². The van der Waals surface area contributed by atoms with Crippen molar-refractivity contribution < 1.29 is 0 Å². The zero-order valence-corrected chi connectivity index (χ0v) is 10.4. The van der Waals surface area contributed by atoms with Gasteiger partial charge in [-0.3, -0.25) is 0 Å². The Hall–Kier alpha value is -0.640. The molecule has 80 valence electrons. The minimum atomic E-state index is 0.550. The van der Waals surface area contributed by atoms with Crippen molar-refractivity contribution in [2.24, 2.45) is 0 Å². The molecule has 3 heteroatoms. The van der Waals surface area contributed by atoms with Gasteiger partial charge in [0.15, 0.2) is 0 Å². The molecule has 15 heavy (non-hydrogen) atoms. The van der Waals surface area contributed by atoms with Crippen LogP contribution >= 0.6 is 22.7 Å². The van der Waals surface area contributed by atoms with Crippen LogP contribution in [-0.2, 0) is 12.8 Å². The molecule has 0 amide bonds. The van der Waals surface area contributed by atoms with Crippen molar-refractivity contribution in [3.8, 4) is 0 Å². The molecule has 2 aromatic heterocycles. The van der Waals surface area contributed by atoms with E-state index in [1.165, 1.54) is 11.1 Å². The molecule has 1 N–H and O–H groups in total. The molecular formula is C12H15NS2. The van der Waals surface area contributed by atoms with Crippen molar-refractivity contribution in [3.05, 3.63) is 44.8 Å². The maximum atomic E-state index is 3.39. The lowest BCUT2D eigenvalue weighted by atomic mass is 10.0. The van der Waals surface area contributed by atoms with Gasteiger partial charge in [-0.25, -0.2) is 0 Å². The minimum Gasteiger partial charge on any atom is -0.316 e. The first kappa shape index (κ1) is 10.9. The second-order valence-electron chi connectivity index (χ2n) is 3.66. The third-order valence-corrected chi connectivity index (χ3v) is 4.00. The Labute approximate surface area is 98.8 Å². The highest BCUT2D eigenvalue weighted by Crippen LogP contribution is 2.13. The van der Waals surface area contributed by atoms with Crippen LogP contribution < -0.4 is 5.32 Å². The highest BCUT2D eigenvalue weighted by Gasteiger charge is 2.08. The molecule has 0 spiro atoms. The largest absolute Gasteiger partial charge is 0.316 e. The molecule has 0 saturated carbocycles. The summed E-state index contributed by atoms with van der Waals surface area (Å²) < 4.78 is 0. The van der Waals surface area contributed by atoms with Crippen molar-refractivity contribution in [3.63, 3.8) is 0 Å². The van der Waals surface area contributed by atoms with E-state index >= 15 is 0 Å². The molecule has 0 fully saturated rings. The van der Waals surface area contributed by atoms with Crippen LogP contribution in [0.4, 0.5) is 0 Å². The predicted molar refractivity (Wildman–Crippen MR) is 68.9 cm³/mol. The third-order valence-electron chi connectivity index (χ3n) is 2.53. The molecule has 0 aliphatic carbocycles. The second kappa shape index (κ2) is 5.45. The summed E-state index contributed by atoms with van der Waals surface area (Å²) >= 11 is 3.55. The molecule has 2 aromatic rings. The molecule has 0 atom stereocenters. The molecule has 0 bridgehead atoms. The zero-order chi connectivity index (χ0) is 10.5. The van der Waals surface area contributed by atoms with Crippen LogP contribution in [0.5, 0.6) is 0 Å². The van der Waals surface area contributed by atoms with Crippen LogP contribution in [0.15, 0.2) is 33.7 Å². The van der Waals surface area contributed by atoms with E-state index in [1.807, 2.05) is 7.05 Å². The van der Waals surface area contributed by atoms with Gasteiger partial charge in [-0.2, -0.15) is 22.7 Å². The first-order chi connectivity index (χ1) is 7.38. The van der Waals surface area contributed by atoms with Gasteiger partial charge >= 0.3 is 0 Å². The first-order valence-corrected chi connectivity index (χ1v) is 6.96. The van der Waals surface area contributed by atoms with Crippen molar-refractivity contribution >= 4 is 22.7 Å². The Bertz CT molecular complexity index is 328. The molecule has 0 unspecified atom stereocenters. The van der Waals surface area contributed by atoms with Gasteiger partial charge in [0.05, 0.1) is 0 Å². The van der Waals surface area contributed by atoms with Gasteiger partial charge in [0.25, 0.3) is 0 Å². The average molecular weight is 237 g/mol. The van der Waals surface area contributed by atoms with Crippen LogP contribution in [-0.4, -0.2) is 13.1 Å². The lowest BCUT2D eigenvalue weighted by Crippen LogP contribution is -2.29. The number of hydrogen-bond acceptors (Lipinski definition) is 3. The SMILES string of the molecule is CNC(Cc1ccsc1)Cc1ccsc1. The third kappa shape index (κ3) is 3.16. The van der Waals surface area contributed by atoms with Crippen molar-refractivity contribution in [1.29, 1.82) is 0 Å². The van der Waals surface area contributed by atoms with Gasteiger partial charge in [-0.15, -0.1) is 0 Å². The van der Waals surface area contributed by atoms with E-state index in [4.69, 9.17) is 0 Å². The van der Waals surface area contributed by atoms with Gasteiger partial charge < -0.3 is 5.32 Å². The van der Waals surface area contributed by atoms with E-state index in [9.17, 15) is 0 Å². The van der Waals surface area contributed by atoms with E-state index in [-0.39, 0.29) is 0 Å². The fourth-order valence-corrected chi connectivity index (χ4v) is 3.03. The summed E-state index contributed by atoms with van der Waals surface area (Å²) in [4.78, 5) is 0. The first-order valence-electron chi connectivity index (χ1n) is 5.08. The van der Waals surface area contributed by atoms with Gasteiger partial charge in [0.2, 0.25) is 0 Å². The fraction of sp³-hybridized carbons (Fsp3) is 0.333. The lowest BCUT2D eigenvalue weighted by molar-refractivity contribution is 0.558. The summed E-state index contributed by atoms with van der Waals surface area (Å²) in [6.07, 6.45) is 2.24. The van der Waals surface area contributed by atoms with Crippen molar-refractivity contribution in [2.45, 2.75) is 18.9 Å². The van der Waals surface area contributed by atoms with Gasteiger partial charge in [-0.1, -0.05) is 0 Å². The van der Waals surface area contributed by atoms with E-state index in [1.54, 1.807) is 22.7 Å². The van der Waals surface area contributed by atoms with Crippen molar-refractivity contribution in [1.82, 2.24) is 5.32 Å². The predicted octanol–water partition coefficient (Wildman–Crippen LogP) is 3.18. The van der Waals surface area contributed by atoms with Gasteiger partial charge in [0, 0.05) is 6.04 Å². The normalized spacial score (nSPS) is 11.1. The standard InChI is InChI=1S/C12H15NS2/c1-13-12(6-10-2-4-14-8-10)7-11-3-5-15-9-11/h2-5,8-9,12-13H,6-7H2,1H3. The Morgan fingerprint density at radius 3 is 1.93 bits per heavy atom. The topological polar surface area (TPSA) is 12.0 Å². The summed E-state index contributed by atoms with van der Waals surface area (Å²) in [5.41, 5.74) is 2.88. The molecular weight excluding hydrogens is 222 g/mol. The van der Waals surface area contributed by atoms with Crippen LogP contribution in [0, 0.1) is 0 Å². The van der Waals surface area contributed by atoms with Crippen LogP contribution in [0.1, 0.15) is 11.1 Å². The second-order valence-corrected chi connectivity index (χ2v) is 5.22. The number of likely N-dealkylation sites (N-methyl/N-ethyl adjacent to an activating group) is 1. The summed E-state index contributed by atoms with van der Waals surface area (Å²) in [7, 11) is 2.05. The molecule has 2 heterocycles. The van der Waals surface area contributed by atoms with Crippen LogP contribution in [0.25, 0.3) is 0 Å². The molecule has 1 nitrogen and oxygen atoms in total. The average Bonchev–Trinajstić information content (AvgIpc) is 2.89. The van der Waals surface area contributed by atoms with Gasteiger partial charge in [0.1, 0.15) is 0 Å². The summed E-state index contributed by atoms with van der Waals surface area (Å²) in [6.45, 7) is 0. The molecule has 0 aromatic carbocycles. The van der Waals surface area contributed by atoms with Crippen LogP contribution in [0.3, 0.4) is 0 Å².